The number of esters is 1. The molecular formula is C15H15F2N3O5. The number of rotatable bonds is 7. The molecule has 0 saturated heterocycles. The molecule has 1 aromatic carbocycles. The second kappa shape index (κ2) is 8.08. The summed E-state index contributed by atoms with van der Waals surface area (Å²) in [7, 11) is 1.18. The van der Waals surface area contributed by atoms with Crippen molar-refractivity contribution in [2.75, 3.05) is 20.2 Å². The number of fused-ring (bicyclic) bond motifs is 1. The summed E-state index contributed by atoms with van der Waals surface area (Å²) < 4.78 is 33.5. The molecule has 1 aromatic heterocycles. The van der Waals surface area contributed by atoms with Gasteiger partial charge in [0.05, 0.1) is 13.7 Å². The second-order valence-corrected chi connectivity index (χ2v) is 4.81. The highest BCUT2D eigenvalue weighted by molar-refractivity contribution is 6.01. The first kappa shape index (κ1) is 18.2. The van der Waals surface area contributed by atoms with E-state index in [1.54, 1.807) is 6.07 Å². The average Bonchev–Trinajstić information content (AvgIpc) is 3.02. The molecule has 0 aliphatic heterocycles. The first-order valence-corrected chi connectivity index (χ1v) is 7.09. The predicted molar refractivity (Wildman–Crippen MR) is 82.3 cm³/mol. The van der Waals surface area contributed by atoms with Crippen molar-refractivity contribution in [2.24, 2.45) is 0 Å². The first-order chi connectivity index (χ1) is 11.9. The van der Waals surface area contributed by atoms with Crippen LogP contribution in [0.15, 0.2) is 24.3 Å². The molecule has 134 valence electrons. The molecule has 0 aliphatic rings. The van der Waals surface area contributed by atoms with Gasteiger partial charge in [0, 0.05) is 10.9 Å². The summed E-state index contributed by atoms with van der Waals surface area (Å²) in [5, 5.41) is 4.90. The Balaban J connectivity index is 2.00. The molecule has 10 heteroatoms. The maximum absolute atomic E-state index is 12.4. The van der Waals surface area contributed by atoms with Crippen molar-refractivity contribution in [1.29, 1.82) is 0 Å². The number of carbonyl (C=O) groups excluding carboxylic acids is 3. The van der Waals surface area contributed by atoms with Crippen LogP contribution in [-0.2, 0) is 14.3 Å². The molecule has 1 heterocycles. The lowest BCUT2D eigenvalue weighted by molar-refractivity contribution is -0.141. The van der Waals surface area contributed by atoms with Gasteiger partial charge in [-0.05, 0) is 18.2 Å². The molecule has 0 spiro atoms. The highest BCUT2D eigenvalue weighted by Gasteiger charge is 2.15. The van der Waals surface area contributed by atoms with Crippen LogP contribution < -0.4 is 15.4 Å². The van der Waals surface area contributed by atoms with Gasteiger partial charge in [-0.15, -0.1) is 0 Å². The van der Waals surface area contributed by atoms with Crippen LogP contribution in [0.3, 0.4) is 0 Å². The number of hydrogen-bond acceptors (Lipinski definition) is 5. The third-order valence-corrected chi connectivity index (χ3v) is 3.15. The Morgan fingerprint density at radius 1 is 1.20 bits per heavy atom. The maximum atomic E-state index is 12.4. The molecule has 0 radical (unpaired) electrons. The molecule has 0 aliphatic carbocycles. The van der Waals surface area contributed by atoms with Crippen LogP contribution in [0.4, 0.5) is 8.78 Å². The van der Waals surface area contributed by atoms with Crippen molar-refractivity contribution in [3.05, 3.63) is 30.0 Å². The van der Waals surface area contributed by atoms with E-state index in [9.17, 15) is 23.2 Å². The highest BCUT2D eigenvalue weighted by atomic mass is 19.3. The quantitative estimate of drug-likeness (QED) is 0.636. The number of H-pyrrole nitrogens is 1. The van der Waals surface area contributed by atoms with E-state index >= 15 is 0 Å². The second-order valence-electron chi connectivity index (χ2n) is 4.81. The van der Waals surface area contributed by atoms with Crippen LogP contribution in [0, 0.1) is 0 Å². The number of carbonyl (C=O) groups is 3. The SMILES string of the molecule is COC(=O)CNC(=O)CNC(=O)c1cc2c(OC(F)F)cccc2[nH]1. The topological polar surface area (TPSA) is 110 Å². The van der Waals surface area contributed by atoms with Crippen LogP contribution in [0.5, 0.6) is 5.75 Å². The van der Waals surface area contributed by atoms with Crippen molar-refractivity contribution in [3.63, 3.8) is 0 Å². The van der Waals surface area contributed by atoms with Crippen LogP contribution in [-0.4, -0.2) is 49.6 Å². The normalized spacial score (nSPS) is 10.6. The number of aromatic nitrogens is 1. The van der Waals surface area contributed by atoms with Crippen molar-refractivity contribution in [2.45, 2.75) is 6.61 Å². The van der Waals surface area contributed by atoms with Gasteiger partial charge >= 0.3 is 12.6 Å². The molecule has 0 fully saturated rings. The lowest BCUT2D eigenvalue weighted by atomic mass is 10.2. The zero-order valence-electron chi connectivity index (χ0n) is 13.1. The van der Waals surface area contributed by atoms with Crippen molar-refractivity contribution in [3.8, 4) is 5.75 Å². The van der Waals surface area contributed by atoms with Gasteiger partial charge in [0.1, 0.15) is 18.0 Å². The minimum atomic E-state index is -2.99. The molecule has 0 atom stereocenters. The Morgan fingerprint density at radius 3 is 2.64 bits per heavy atom. The molecule has 3 N–H and O–H groups in total. The Hall–Kier alpha value is -3.17. The van der Waals surface area contributed by atoms with Gasteiger partial charge < -0.3 is 25.1 Å². The van der Waals surface area contributed by atoms with Crippen LogP contribution in [0.1, 0.15) is 10.5 Å². The summed E-state index contributed by atoms with van der Waals surface area (Å²) in [6.45, 7) is -3.67. The predicted octanol–water partition coefficient (Wildman–Crippen LogP) is 0.788. The van der Waals surface area contributed by atoms with Gasteiger partial charge in [-0.2, -0.15) is 8.78 Å². The fourth-order valence-corrected chi connectivity index (χ4v) is 2.01. The monoisotopic (exact) mass is 355 g/mol. The zero-order valence-corrected chi connectivity index (χ0v) is 13.1. The summed E-state index contributed by atoms with van der Waals surface area (Å²) in [5.41, 5.74) is 0.500. The van der Waals surface area contributed by atoms with E-state index in [1.807, 2.05) is 0 Å². The third kappa shape index (κ3) is 4.90. The van der Waals surface area contributed by atoms with E-state index in [0.717, 1.165) is 0 Å². The molecule has 2 aromatic rings. The Kier molecular flexibility index (Phi) is 5.88. The number of benzene rings is 1. The Labute approximate surface area is 140 Å². The van der Waals surface area contributed by atoms with Crippen molar-refractivity contribution in [1.82, 2.24) is 15.6 Å². The lowest BCUT2D eigenvalue weighted by Crippen LogP contribution is -2.39. The lowest BCUT2D eigenvalue weighted by Gasteiger charge is -2.05. The van der Waals surface area contributed by atoms with E-state index in [4.69, 9.17) is 0 Å². The number of ether oxygens (including phenoxy) is 2. The van der Waals surface area contributed by atoms with Gasteiger partial charge in [-0.1, -0.05) is 6.07 Å². The first-order valence-electron chi connectivity index (χ1n) is 7.09. The fourth-order valence-electron chi connectivity index (χ4n) is 2.01. The van der Waals surface area contributed by atoms with Gasteiger partial charge in [-0.25, -0.2) is 0 Å². The van der Waals surface area contributed by atoms with Crippen LogP contribution >= 0.6 is 0 Å². The average molecular weight is 355 g/mol. The number of methoxy groups -OCH3 is 1. The number of amides is 2. The highest BCUT2D eigenvalue weighted by Crippen LogP contribution is 2.27. The molecule has 0 saturated carbocycles. The molecule has 2 amide bonds. The van der Waals surface area contributed by atoms with Gasteiger partial charge in [0.15, 0.2) is 0 Å². The molecular weight excluding hydrogens is 340 g/mol. The van der Waals surface area contributed by atoms with Crippen LogP contribution in [0.2, 0.25) is 0 Å². The number of nitrogens with one attached hydrogen (secondary N) is 3. The fraction of sp³-hybridized carbons (Fsp3) is 0.267. The molecule has 0 unspecified atom stereocenters. The maximum Gasteiger partial charge on any atom is 0.387 e. The largest absolute Gasteiger partial charge is 0.468 e. The molecule has 0 bridgehead atoms. The Morgan fingerprint density at radius 2 is 1.96 bits per heavy atom. The van der Waals surface area contributed by atoms with Gasteiger partial charge in [0.25, 0.3) is 5.91 Å². The zero-order chi connectivity index (χ0) is 18.4. The summed E-state index contributed by atoms with van der Waals surface area (Å²) in [4.78, 5) is 37.2. The molecule has 2 rings (SSSR count). The number of aromatic amines is 1. The van der Waals surface area contributed by atoms with E-state index in [-0.39, 0.29) is 24.5 Å². The minimum Gasteiger partial charge on any atom is -0.468 e. The number of hydrogen-bond donors (Lipinski definition) is 3. The van der Waals surface area contributed by atoms with Crippen molar-refractivity contribution < 1.29 is 32.6 Å². The minimum absolute atomic E-state index is 0.0704. The molecule has 8 nitrogen and oxygen atoms in total. The number of alkyl halides is 2. The van der Waals surface area contributed by atoms with Gasteiger partial charge in [-0.3, -0.25) is 14.4 Å². The summed E-state index contributed by atoms with van der Waals surface area (Å²) in [6, 6.07) is 5.78. The van der Waals surface area contributed by atoms with Gasteiger partial charge in [0.2, 0.25) is 5.91 Å². The summed E-state index contributed by atoms with van der Waals surface area (Å²) in [6.07, 6.45) is 0. The standard InChI is InChI=1S/C15H15F2N3O5/c1-24-13(22)7-18-12(21)6-19-14(23)10-5-8-9(20-10)3-2-4-11(8)25-15(16)17/h2-5,15,20H,6-7H2,1H3,(H,18,21)(H,19,23). The smallest absolute Gasteiger partial charge is 0.387 e. The summed E-state index contributed by atoms with van der Waals surface area (Å²) in [5.74, 6) is -1.90. The van der Waals surface area contributed by atoms with E-state index in [0.29, 0.717) is 10.9 Å². The molecule has 25 heavy (non-hydrogen) atoms. The number of halogens is 2. The van der Waals surface area contributed by atoms with Crippen LogP contribution in [0.25, 0.3) is 10.9 Å². The summed E-state index contributed by atoms with van der Waals surface area (Å²) >= 11 is 0. The van der Waals surface area contributed by atoms with E-state index in [2.05, 4.69) is 25.1 Å². The van der Waals surface area contributed by atoms with Crippen molar-refractivity contribution >= 4 is 28.7 Å². The Bertz CT molecular complexity index is 791. The van der Waals surface area contributed by atoms with E-state index < -0.39 is 24.4 Å². The van der Waals surface area contributed by atoms with E-state index in [1.165, 1.54) is 25.3 Å². The third-order valence-electron chi connectivity index (χ3n) is 3.15.